The van der Waals surface area contributed by atoms with Crippen molar-refractivity contribution < 1.29 is 13.6 Å². The van der Waals surface area contributed by atoms with Gasteiger partial charge in [0.1, 0.15) is 17.4 Å². The molecule has 0 amide bonds. The van der Waals surface area contributed by atoms with Crippen molar-refractivity contribution in [3.8, 4) is 0 Å². The highest BCUT2D eigenvalue weighted by atomic mass is 19.1. The third-order valence-corrected chi connectivity index (χ3v) is 2.96. The molecule has 0 aliphatic heterocycles. The van der Waals surface area contributed by atoms with E-state index in [9.17, 15) is 13.6 Å². The number of hydrogen-bond acceptors (Lipinski definition) is 1. The third-order valence-electron chi connectivity index (χ3n) is 2.96. The number of benzene rings is 1. The average molecular weight is 224 g/mol. The Bertz CT molecular complexity index is 377. The second-order valence-electron chi connectivity index (χ2n) is 4.40. The Hall–Kier alpha value is -1.25. The third kappa shape index (κ3) is 2.87. The summed E-state index contributed by atoms with van der Waals surface area (Å²) >= 11 is 0. The van der Waals surface area contributed by atoms with Crippen LogP contribution < -0.4 is 0 Å². The van der Waals surface area contributed by atoms with Crippen molar-refractivity contribution in [1.29, 1.82) is 0 Å². The smallest absolute Gasteiger partial charge is 0.137 e. The van der Waals surface area contributed by atoms with E-state index in [4.69, 9.17) is 0 Å². The molecule has 1 nitrogen and oxygen atoms in total. The summed E-state index contributed by atoms with van der Waals surface area (Å²) in [6.45, 7) is 0. The van der Waals surface area contributed by atoms with Gasteiger partial charge >= 0.3 is 0 Å². The Morgan fingerprint density at radius 1 is 1.25 bits per heavy atom. The highest BCUT2D eigenvalue weighted by Crippen LogP contribution is 2.33. The molecule has 1 saturated carbocycles. The van der Waals surface area contributed by atoms with Crippen LogP contribution in [0.15, 0.2) is 18.2 Å². The topological polar surface area (TPSA) is 17.1 Å². The van der Waals surface area contributed by atoms with Crippen molar-refractivity contribution in [1.82, 2.24) is 0 Å². The maximum Gasteiger partial charge on any atom is 0.137 e. The van der Waals surface area contributed by atoms with E-state index in [1.807, 2.05) is 0 Å². The van der Waals surface area contributed by atoms with E-state index < -0.39 is 11.6 Å². The highest BCUT2D eigenvalue weighted by Gasteiger charge is 2.22. The molecular formula is C13H14F2O. The lowest BCUT2D eigenvalue weighted by Gasteiger charge is -2.03. The van der Waals surface area contributed by atoms with E-state index in [1.54, 1.807) is 0 Å². The van der Waals surface area contributed by atoms with Crippen molar-refractivity contribution >= 4 is 5.78 Å². The van der Waals surface area contributed by atoms with Crippen LogP contribution in [0.2, 0.25) is 0 Å². The first-order valence-corrected chi connectivity index (χ1v) is 5.61. The number of carbonyl (C=O) groups is 1. The molecule has 0 radical (unpaired) electrons. The quantitative estimate of drug-likeness (QED) is 0.750. The molecule has 1 fully saturated rings. The van der Waals surface area contributed by atoms with E-state index in [1.165, 1.54) is 31.0 Å². The summed E-state index contributed by atoms with van der Waals surface area (Å²) in [5, 5.41) is 0. The Morgan fingerprint density at radius 2 is 1.88 bits per heavy atom. The molecule has 2 rings (SSSR count). The minimum absolute atomic E-state index is 0.0732. The van der Waals surface area contributed by atoms with Crippen LogP contribution in [0, 0.1) is 17.6 Å². The van der Waals surface area contributed by atoms with Gasteiger partial charge in [0.05, 0.1) is 0 Å². The highest BCUT2D eigenvalue weighted by molar-refractivity contribution is 5.80. The van der Waals surface area contributed by atoms with Gasteiger partial charge in [-0.1, -0.05) is 18.9 Å². The van der Waals surface area contributed by atoms with Gasteiger partial charge in [-0.15, -0.1) is 0 Å². The normalized spacial score (nSPS) is 15.1. The van der Waals surface area contributed by atoms with Gasteiger partial charge in [-0.05, 0) is 24.5 Å². The minimum atomic E-state index is -0.625. The monoisotopic (exact) mass is 224 g/mol. The molecule has 1 aliphatic carbocycles. The van der Waals surface area contributed by atoms with Gasteiger partial charge in [-0.2, -0.15) is 0 Å². The second kappa shape index (κ2) is 4.73. The molecule has 3 heteroatoms. The molecule has 0 N–H and O–H groups in total. The Balaban J connectivity index is 1.93. The molecule has 86 valence electrons. The zero-order chi connectivity index (χ0) is 11.5. The second-order valence-corrected chi connectivity index (χ2v) is 4.40. The molecule has 1 aromatic rings. The van der Waals surface area contributed by atoms with E-state index in [0.717, 1.165) is 6.42 Å². The fourth-order valence-corrected chi connectivity index (χ4v) is 1.76. The molecule has 0 unspecified atom stereocenters. The van der Waals surface area contributed by atoms with Gasteiger partial charge in [0, 0.05) is 18.4 Å². The standard InChI is InChI=1S/C13H14F2O/c14-12-2-1-3-13(15)11(12)8-10(16)7-6-9-4-5-9/h1-3,9H,4-8H2. The lowest BCUT2D eigenvalue weighted by atomic mass is 10.0. The summed E-state index contributed by atoms with van der Waals surface area (Å²) in [7, 11) is 0. The van der Waals surface area contributed by atoms with Crippen LogP contribution in [-0.4, -0.2) is 5.78 Å². The van der Waals surface area contributed by atoms with E-state index >= 15 is 0 Å². The zero-order valence-corrected chi connectivity index (χ0v) is 9.01. The van der Waals surface area contributed by atoms with Crippen LogP contribution >= 0.6 is 0 Å². The molecule has 0 aromatic heterocycles. The first-order valence-electron chi connectivity index (χ1n) is 5.61. The van der Waals surface area contributed by atoms with Gasteiger partial charge < -0.3 is 0 Å². The summed E-state index contributed by atoms with van der Waals surface area (Å²) in [5.41, 5.74) is -0.0942. The van der Waals surface area contributed by atoms with Crippen LogP contribution in [0.5, 0.6) is 0 Å². The molecule has 0 saturated heterocycles. The predicted octanol–water partition coefficient (Wildman–Crippen LogP) is 3.27. The number of rotatable bonds is 5. The molecular weight excluding hydrogens is 210 g/mol. The molecule has 0 heterocycles. The number of ketones is 1. The van der Waals surface area contributed by atoms with Crippen molar-refractivity contribution in [2.75, 3.05) is 0 Å². The van der Waals surface area contributed by atoms with Gasteiger partial charge in [0.2, 0.25) is 0 Å². The largest absolute Gasteiger partial charge is 0.299 e. The number of halogens is 2. The van der Waals surface area contributed by atoms with Crippen molar-refractivity contribution in [2.45, 2.75) is 32.1 Å². The van der Waals surface area contributed by atoms with E-state index in [-0.39, 0.29) is 17.8 Å². The summed E-state index contributed by atoms with van der Waals surface area (Å²) in [5.74, 6) is -0.648. The van der Waals surface area contributed by atoms with Crippen LogP contribution in [0.25, 0.3) is 0 Å². The van der Waals surface area contributed by atoms with E-state index in [2.05, 4.69) is 0 Å². The van der Waals surface area contributed by atoms with Crippen LogP contribution in [0.4, 0.5) is 8.78 Å². The van der Waals surface area contributed by atoms with Crippen molar-refractivity contribution in [2.24, 2.45) is 5.92 Å². The fourth-order valence-electron chi connectivity index (χ4n) is 1.76. The minimum Gasteiger partial charge on any atom is -0.299 e. The lowest BCUT2D eigenvalue weighted by Crippen LogP contribution is -2.06. The first-order chi connectivity index (χ1) is 7.66. The predicted molar refractivity (Wildman–Crippen MR) is 57.0 cm³/mol. The van der Waals surface area contributed by atoms with Crippen molar-refractivity contribution in [3.63, 3.8) is 0 Å². The molecule has 16 heavy (non-hydrogen) atoms. The average Bonchev–Trinajstić information content (AvgIpc) is 3.04. The number of Topliss-reactive ketones (excluding diaryl/α,β-unsaturated/α-hetero) is 1. The van der Waals surface area contributed by atoms with Gasteiger partial charge in [-0.25, -0.2) is 8.78 Å². The molecule has 0 spiro atoms. The summed E-state index contributed by atoms with van der Waals surface area (Å²) in [6.07, 6.45) is 3.58. The summed E-state index contributed by atoms with van der Waals surface area (Å²) in [6, 6.07) is 3.68. The van der Waals surface area contributed by atoms with Gasteiger partial charge in [0.15, 0.2) is 0 Å². The maximum atomic E-state index is 13.2. The number of hydrogen-bond donors (Lipinski definition) is 0. The van der Waals surface area contributed by atoms with Gasteiger partial charge in [-0.3, -0.25) is 4.79 Å². The Labute approximate surface area is 93.5 Å². The molecule has 1 aromatic carbocycles. The van der Waals surface area contributed by atoms with Crippen LogP contribution in [-0.2, 0) is 11.2 Å². The Morgan fingerprint density at radius 3 is 2.44 bits per heavy atom. The maximum absolute atomic E-state index is 13.2. The van der Waals surface area contributed by atoms with Crippen molar-refractivity contribution in [3.05, 3.63) is 35.4 Å². The van der Waals surface area contributed by atoms with Gasteiger partial charge in [0.25, 0.3) is 0 Å². The molecule has 1 aliphatic rings. The SMILES string of the molecule is O=C(CCC1CC1)Cc1c(F)cccc1F. The fraction of sp³-hybridized carbons (Fsp3) is 0.462. The van der Waals surface area contributed by atoms with E-state index in [0.29, 0.717) is 12.3 Å². The number of carbonyl (C=O) groups excluding carboxylic acids is 1. The molecule has 0 bridgehead atoms. The zero-order valence-electron chi connectivity index (χ0n) is 9.01. The Kier molecular flexibility index (Phi) is 3.32. The van der Waals surface area contributed by atoms with Crippen LogP contribution in [0.1, 0.15) is 31.2 Å². The van der Waals surface area contributed by atoms with Crippen LogP contribution in [0.3, 0.4) is 0 Å². The molecule has 0 atom stereocenters. The first kappa shape index (κ1) is 11.2. The lowest BCUT2D eigenvalue weighted by molar-refractivity contribution is -0.118. The summed E-state index contributed by atoms with van der Waals surface area (Å²) < 4.78 is 26.5. The summed E-state index contributed by atoms with van der Waals surface area (Å²) in [4.78, 5) is 11.5.